The summed E-state index contributed by atoms with van der Waals surface area (Å²) in [5, 5.41) is 24.9. The number of carbonyl (C=O) groups is 2. The second kappa shape index (κ2) is 11.9. The summed E-state index contributed by atoms with van der Waals surface area (Å²) in [6.07, 6.45) is -0.417. The predicted molar refractivity (Wildman–Crippen MR) is 113 cm³/mol. The molecule has 0 spiro atoms. The molecule has 0 unspecified atom stereocenters. The molecule has 0 aromatic rings. The van der Waals surface area contributed by atoms with Crippen LogP contribution >= 0.6 is 0 Å². The third-order valence-corrected chi connectivity index (χ3v) is 4.91. The summed E-state index contributed by atoms with van der Waals surface area (Å²) < 4.78 is 64.0. The van der Waals surface area contributed by atoms with E-state index in [1.807, 2.05) is 0 Å². The van der Waals surface area contributed by atoms with Crippen molar-refractivity contribution in [2.24, 2.45) is 10.2 Å². The van der Waals surface area contributed by atoms with Crippen molar-refractivity contribution in [3.05, 3.63) is 0 Å². The van der Waals surface area contributed by atoms with Crippen molar-refractivity contribution in [1.82, 2.24) is 10.6 Å². The Kier molecular flexibility index (Phi) is 10.9. The lowest BCUT2D eigenvalue weighted by atomic mass is 10.0. The zero-order valence-corrected chi connectivity index (χ0v) is 19.8. The van der Waals surface area contributed by atoms with Crippen molar-refractivity contribution >= 4 is 33.7 Å². The molecule has 0 fully saturated rings. The summed E-state index contributed by atoms with van der Waals surface area (Å²) in [4.78, 5) is 22.6. The number of halogens is 2. The van der Waals surface area contributed by atoms with Crippen LogP contribution in [-0.4, -0.2) is 79.7 Å². The monoisotopic (exact) mass is 500 g/mol. The lowest BCUT2D eigenvalue weighted by molar-refractivity contribution is -0.149. The SMILES string of the molecule is COC(=O)CCNC(=N)C(C)(C)N=NC(C)(C)C(=N)NCCC(=O)OCC(F)(F)S(=O)(=O)O. The molecule has 0 radical (unpaired) electrons. The highest BCUT2D eigenvalue weighted by Crippen LogP contribution is 2.21. The fourth-order valence-electron chi connectivity index (χ4n) is 1.77. The van der Waals surface area contributed by atoms with Gasteiger partial charge >= 0.3 is 27.3 Å². The maximum absolute atomic E-state index is 13.0. The number of nitrogens with zero attached hydrogens (tertiary/aromatic N) is 2. The van der Waals surface area contributed by atoms with E-state index in [4.69, 9.17) is 15.4 Å². The normalized spacial score (nSPS) is 12.8. The Balaban J connectivity index is 4.68. The van der Waals surface area contributed by atoms with Gasteiger partial charge in [0, 0.05) is 13.1 Å². The Morgan fingerprint density at radius 1 is 0.939 bits per heavy atom. The van der Waals surface area contributed by atoms with Crippen LogP contribution in [0.1, 0.15) is 40.5 Å². The fourth-order valence-corrected chi connectivity index (χ4v) is 1.98. The number of hydrogen-bond acceptors (Lipinski definition) is 10. The van der Waals surface area contributed by atoms with Gasteiger partial charge < -0.3 is 20.1 Å². The van der Waals surface area contributed by atoms with Gasteiger partial charge in [-0.25, -0.2) is 0 Å². The van der Waals surface area contributed by atoms with Crippen LogP contribution in [0.15, 0.2) is 10.2 Å². The Morgan fingerprint density at radius 3 is 1.70 bits per heavy atom. The molecule has 5 N–H and O–H groups in total. The minimum atomic E-state index is -5.71. The number of esters is 2. The number of rotatable bonds is 13. The first-order valence-electron chi connectivity index (χ1n) is 9.53. The van der Waals surface area contributed by atoms with E-state index in [9.17, 15) is 26.8 Å². The summed E-state index contributed by atoms with van der Waals surface area (Å²) in [7, 11) is -4.46. The number of hydrogen-bond donors (Lipinski definition) is 5. The van der Waals surface area contributed by atoms with Crippen molar-refractivity contribution in [2.75, 3.05) is 26.8 Å². The maximum atomic E-state index is 13.0. The molecule has 0 saturated carbocycles. The first-order chi connectivity index (χ1) is 14.9. The maximum Gasteiger partial charge on any atom is 0.402 e. The quantitative estimate of drug-likeness (QED) is 0.0806. The van der Waals surface area contributed by atoms with Crippen molar-refractivity contribution in [2.45, 2.75) is 56.9 Å². The largest absolute Gasteiger partial charge is 0.469 e. The van der Waals surface area contributed by atoms with Gasteiger partial charge in [0.15, 0.2) is 6.61 Å². The minimum Gasteiger partial charge on any atom is -0.469 e. The van der Waals surface area contributed by atoms with Gasteiger partial charge in [-0.05, 0) is 27.7 Å². The molecule has 0 aromatic heterocycles. The van der Waals surface area contributed by atoms with Crippen LogP contribution in [0.4, 0.5) is 8.78 Å². The van der Waals surface area contributed by atoms with Gasteiger partial charge in [0.05, 0.1) is 20.0 Å². The van der Waals surface area contributed by atoms with Gasteiger partial charge in [-0.2, -0.15) is 27.4 Å². The lowest BCUT2D eigenvalue weighted by Crippen LogP contribution is -2.43. The van der Waals surface area contributed by atoms with E-state index in [1.54, 1.807) is 13.8 Å². The summed E-state index contributed by atoms with van der Waals surface area (Å²) in [6.45, 7) is 4.36. The number of nitrogens with one attached hydrogen (secondary N) is 4. The third kappa shape index (κ3) is 10.6. The van der Waals surface area contributed by atoms with Crippen LogP contribution in [0.3, 0.4) is 0 Å². The Bertz CT molecular complexity index is 875. The smallest absolute Gasteiger partial charge is 0.402 e. The molecular weight excluding hydrogens is 470 g/mol. The minimum absolute atomic E-state index is 0.0186. The molecule has 0 amide bonds. The third-order valence-electron chi connectivity index (χ3n) is 4.04. The molecule has 13 nitrogen and oxygen atoms in total. The van der Waals surface area contributed by atoms with Crippen LogP contribution in [0, 0.1) is 10.8 Å². The molecule has 0 rings (SSSR count). The molecular formula is C17H30F2N6O7S. The van der Waals surface area contributed by atoms with E-state index in [2.05, 4.69) is 30.3 Å². The van der Waals surface area contributed by atoms with Crippen molar-refractivity contribution in [3.8, 4) is 0 Å². The lowest BCUT2D eigenvalue weighted by Gasteiger charge is -2.25. The second-order valence-electron chi connectivity index (χ2n) is 7.77. The van der Waals surface area contributed by atoms with Gasteiger partial charge in [0.25, 0.3) is 0 Å². The van der Waals surface area contributed by atoms with Crippen LogP contribution in [0.25, 0.3) is 0 Å². The van der Waals surface area contributed by atoms with E-state index >= 15 is 0 Å². The summed E-state index contributed by atoms with van der Waals surface area (Å²) in [5.41, 5.74) is -2.30. The molecule has 0 aliphatic rings. The van der Waals surface area contributed by atoms with Crippen LogP contribution in [-0.2, 0) is 29.2 Å². The van der Waals surface area contributed by atoms with Gasteiger partial charge in [-0.3, -0.25) is 25.0 Å². The Morgan fingerprint density at radius 2 is 1.33 bits per heavy atom. The predicted octanol–water partition coefficient (Wildman–Crippen LogP) is 1.11. The average molecular weight is 501 g/mol. The van der Waals surface area contributed by atoms with Gasteiger partial charge in [0.1, 0.15) is 22.7 Å². The number of amidine groups is 2. The zero-order valence-electron chi connectivity index (χ0n) is 19.0. The first kappa shape index (κ1) is 30.2. The number of carbonyl (C=O) groups excluding carboxylic acids is 2. The molecule has 0 aromatic carbocycles. The molecule has 0 saturated heterocycles. The van der Waals surface area contributed by atoms with E-state index in [1.165, 1.54) is 21.0 Å². The number of methoxy groups -OCH3 is 1. The van der Waals surface area contributed by atoms with Crippen molar-refractivity contribution in [3.63, 3.8) is 0 Å². The molecule has 33 heavy (non-hydrogen) atoms. The fraction of sp³-hybridized carbons (Fsp3) is 0.765. The number of ether oxygens (including phenoxy) is 2. The molecule has 0 bridgehead atoms. The molecule has 190 valence electrons. The second-order valence-corrected chi connectivity index (χ2v) is 9.32. The summed E-state index contributed by atoms with van der Waals surface area (Å²) in [5.74, 6) is -1.81. The molecule has 16 heteroatoms. The van der Waals surface area contributed by atoms with E-state index in [-0.39, 0.29) is 31.2 Å². The van der Waals surface area contributed by atoms with Crippen LogP contribution in [0.5, 0.6) is 0 Å². The highest BCUT2D eigenvalue weighted by Gasteiger charge is 2.45. The highest BCUT2D eigenvalue weighted by atomic mass is 32.2. The van der Waals surface area contributed by atoms with Gasteiger partial charge in [0.2, 0.25) is 0 Å². The topological polar surface area (TPSA) is 203 Å². The molecule has 0 aliphatic carbocycles. The van der Waals surface area contributed by atoms with Crippen LogP contribution < -0.4 is 10.6 Å². The average Bonchev–Trinajstić information content (AvgIpc) is 2.69. The van der Waals surface area contributed by atoms with Gasteiger partial charge in [-0.15, -0.1) is 0 Å². The summed E-state index contributed by atoms with van der Waals surface area (Å²) in [6, 6.07) is 0. The Hall–Kier alpha value is -2.75. The zero-order chi connectivity index (χ0) is 26.1. The standard InChI is InChI=1S/C17H30F2N6O7S/c1-15(2,13(20)22-8-6-11(26)31-5)24-25-16(3,4)14(21)23-9-7-12(27)32-10-17(18,19)33(28,29)30/h6-10H2,1-5H3,(H2,20,22)(H2,21,23)(H,28,29,30). The Labute approximate surface area is 190 Å². The van der Waals surface area contributed by atoms with Gasteiger partial charge in [-0.1, -0.05) is 0 Å². The highest BCUT2D eigenvalue weighted by molar-refractivity contribution is 7.86. The van der Waals surface area contributed by atoms with E-state index in [0.29, 0.717) is 0 Å². The number of alkyl halides is 2. The molecule has 0 atom stereocenters. The first-order valence-corrected chi connectivity index (χ1v) is 11.0. The van der Waals surface area contributed by atoms with Crippen molar-refractivity contribution in [1.29, 1.82) is 10.8 Å². The molecule has 0 heterocycles. The van der Waals surface area contributed by atoms with Crippen molar-refractivity contribution < 1.29 is 40.8 Å². The number of azo groups is 1. The van der Waals surface area contributed by atoms with E-state index < -0.39 is 51.4 Å². The van der Waals surface area contributed by atoms with E-state index in [0.717, 1.165) is 0 Å². The summed E-state index contributed by atoms with van der Waals surface area (Å²) >= 11 is 0. The van der Waals surface area contributed by atoms with Crippen LogP contribution in [0.2, 0.25) is 0 Å². The molecule has 0 aliphatic heterocycles.